The van der Waals surface area contributed by atoms with Gasteiger partial charge in [0.25, 0.3) is 0 Å². The molecule has 0 unspecified atom stereocenters. The van der Waals surface area contributed by atoms with E-state index in [4.69, 9.17) is 0 Å². The summed E-state index contributed by atoms with van der Waals surface area (Å²) < 4.78 is 0. The number of rotatable bonds is 17. The van der Waals surface area contributed by atoms with E-state index in [2.05, 4.69) is 25.2 Å². The number of allylic oxidation sites excluding steroid dienone is 4. The molecule has 0 N–H and O–H groups in total. The summed E-state index contributed by atoms with van der Waals surface area (Å²) >= 11 is 0. The van der Waals surface area contributed by atoms with E-state index in [0.29, 0.717) is 0 Å². The van der Waals surface area contributed by atoms with Crippen LogP contribution < -0.4 is 29.6 Å². The molecule has 1 rings (SSSR count). The Bertz CT molecular complexity index is 309. The third-order valence-corrected chi connectivity index (χ3v) is 5.20. The fourth-order valence-corrected chi connectivity index (χ4v) is 3.58. The van der Waals surface area contributed by atoms with Crippen LogP contribution >= 0.6 is 0 Å². The molecule has 0 bridgehead atoms. The van der Waals surface area contributed by atoms with Crippen molar-refractivity contribution >= 4 is 0 Å². The largest absolute Gasteiger partial charge is 1.00 e. The van der Waals surface area contributed by atoms with Crippen LogP contribution in [0.25, 0.3) is 0 Å². The average Bonchev–Trinajstić information content (AvgIpc) is 3.08. The van der Waals surface area contributed by atoms with E-state index in [-0.39, 0.29) is 31.0 Å². The summed E-state index contributed by atoms with van der Waals surface area (Å²) in [5.74, 6) is 0. The van der Waals surface area contributed by atoms with Gasteiger partial charge in [-0.15, -0.1) is 0 Å². The van der Waals surface area contributed by atoms with E-state index in [1.165, 1.54) is 116 Å². The first-order valence-electron chi connectivity index (χ1n) is 10.8. The molecule has 0 aromatic heterocycles. The summed E-state index contributed by atoms with van der Waals surface area (Å²) in [6, 6.07) is 0. The van der Waals surface area contributed by atoms with Crippen molar-refractivity contribution in [3.8, 4) is 0 Å². The fraction of sp³-hybridized carbons (Fsp3) is 0.826. The molecule has 0 radical (unpaired) electrons. The van der Waals surface area contributed by atoms with E-state index in [1.54, 1.807) is 5.57 Å². The van der Waals surface area contributed by atoms with Crippen LogP contribution in [-0.4, -0.2) is 0 Å². The predicted octanol–water partition coefficient (Wildman–Crippen LogP) is 5.64. The molecule has 1 heteroatoms. The monoisotopic (exact) mass is 342 g/mol. The van der Waals surface area contributed by atoms with Crippen molar-refractivity contribution in [1.29, 1.82) is 0 Å². The van der Waals surface area contributed by atoms with Gasteiger partial charge in [0.2, 0.25) is 0 Å². The van der Waals surface area contributed by atoms with Crippen LogP contribution in [0.15, 0.2) is 23.8 Å². The second-order valence-corrected chi connectivity index (χ2v) is 7.51. The van der Waals surface area contributed by atoms with Crippen molar-refractivity contribution < 1.29 is 31.0 Å². The minimum absolute atomic E-state index is 0. The molecule has 1 aliphatic carbocycles. The van der Waals surface area contributed by atoms with E-state index in [0.717, 1.165) is 0 Å². The van der Waals surface area contributed by atoms with Gasteiger partial charge in [-0.1, -0.05) is 127 Å². The Morgan fingerprint density at radius 1 is 0.667 bits per heavy atom. The first-order valence-corrected chi connectivity index (χ1v) is 10.8. The molecule has 136 valence electrons. The van der Waals surface area contributed by atoms with Gasteiger partial charge in [0.15, 0.2) is 0 Å². The van der Waals surface area contributed by atoms with Gasteiger partial charge in [-0.2, -0.15) is 0 Å². The first kappa shape index (κ1) is 24.5. The average molecular weight is 343 g/mol. The number of hydrogen-bond acceptors (Lipinski definition) is 0. The van der Waals surface area contributed by atoms with Gasteiger partial charge < -0.3 is 1.43 Å². The van der Waals surface area contributed by atoms with Crippen LogP contribution in [0.1, 0.15) is 124 Å². The Hall–Kier alpha value is 0.480. The molecule has 0 amide bonds. The summed E-state index contributed by atoms with van der Waals surface area (Å²) in [6.07, 6.45) is 32.7. The Labute approximate surface area is 176 Å². The quantitative estimate of drug-likeness (QED) is 0.237. The molecule has 0 nitrogen and oxygen atoms in total. The van der Waals surface area contributed by atoms with Gasteiger partial charge in [-0.25, -0.2) is 0 Å². The third-order valence-electron chi connectivity index (χ3n) is 5.20. The second-order valence-electron chi connectivity index (χ2n) is 7.51. The summed E-state index contributed by atoms with van der Waals surface area (Å²) in [4.78, 5) is 0. The zero-order valence-electron chi connectivity index (χ0n) is 18.0. The molecular formula is C23H43Na. The maximum Gasteiger partial charge on any atom is 1.00 e. The Kier molecular flexibility index (Phi) is 20.2. The molecule has 24 heavy (non-hydrogen) atoms. The molecule has 0 aromatic carbocycles. The molecule has 1 aliphatic rings. The first-order chi connectivity index (χ1) is 11.4. The Morgan fingerprint density at radius 2 is 1.08 bits per heavy atom. The van der Waals surface area contributed by atoms with Gasteiger partial charge in [-0.05, 0) is 19.3 Å². The third kappa shape index (κ3) is 16.0. The van der Waals surface area contributed by atoms with Gasteiger partial charge in [0.1, 0.15) is 0 Å². The van der Waals surface area contributed by atoms with Gasteiger partial charge in [0, 0.05) is 0 Å². The minimum atomic E-state index is 0. The van der Waals surface area contributed by atoms with Crippen molar-refractivity contribution in [2.24, 2.45) is 0 Å². The molecule has 0 saturated heterocycles. The van der Waals surface area contributed by atoms with E-state index < -0.39 is 0 Å². The van der Waals surface area contributed by atoms with E-state index in [9.17, 15) is 0 Å². The molecule has 0 atom stereocenters. The van der Waals surface area contributed by atoms with Gasteiger partial charge >= 0.3 is 29.6 Å². The zero-order valence-corrected chi connectivity index (χ0v) is 19.0. The number of unbranched alkanes of at least 4 members (excludes halogenated alkanes) is 15. The fourth-order valence-electron chi connectivity index (χ4n) is 3.58. The van der Waals surface area contributed by atoms with Crippen LogP contribution in [0.5, 0.6) is 0 Å². The molecule has 0 aliphatic heterocycles. The van der Waals surface area contributed by atoms with Crippen LogP contribution in [0.2, 0.25) is 0 Å². The SMILES string of the molecule is CCCCCCCCCCCCCCCCCCC1=CC=CC1.[H-].[Na+]. The van der Waals surface area contributed by atoms with Crippen LogP contribution in [-0.2, 0) is 0 Å². The van der Waals surface area contributed by atoms with Crippen molar-refractivity contribution in [1.82, 2.24) is 0 Å². The molecule has 0 spiro atoms. The second kappa shape index (κ2) is 19.8. The Balaban J connectivity index is 0. The van der Waals surface area contributed by atoms with Crippen LogP contribution in [0.3, 0.4) is 0 Å². The van der Waals surface area contributed by atoms with Crippen molar-refractivity contribution in [2.45, 2.75) is 122 Å². The predicted molar refractivity (Wildman–Crippen MR) is 107 cm³/mol. The van der Waals surface area contributed by atoms with Crippen molar-refractivity contribution in [3.05, 3.63) is 23.8 Å². The van der Waals surface area contributed by atoms with Crippen molar-refractivity contribution in [3.63, 3.8) is 0 Å². The normalized spacial score (nSPS) is 13.1. The number of hydrogen-bond donors (Lipinski definition) is 0. The van der Waals surface area contributed by atoms with E-state index in [1.807, 2.05) is 0 Å². The van der Waals surface area contributed by atoms with E-state index >= 15 is 0 Å². The summed E-state index contributed by atoms with van der Waals surface area (Å²) in [6.45, 7) is 2.30. The smallest absolute Gasteiger partial charge is 1.00 e. The van der Waals surface area contributed by atoms with Crippen molar-refractivity contribution in [2.75, 3.05) is 0 Å². The summed E-state index contributed by atoms with van der Waals surface area (Å²) in [5, 5.41) is 0. The zero-order chi connectivity index (χ0) is 16.4. The van der Waals surface area contributed by atoms with Crippen LogP contribution in [0.4, 0.5) is 0 Å². The summed E-state index contributed by atoms with van der Waals surface area (Å²) in [5.41, 5.74) is 1.65. The molecule has 0 fully saturated rings. The molecule has 0 saturated carbocycles. The standard InChI is InChI=1S/C23H42.Na.H/c1-2-3-4-5-6-7-8-9-10-11-12-13-14-15-16-17-20-23-21-18-19-22-23;;/h18-19,21H,2-17,20,22H2,1H3;;/q;+1;-1. The summed E-state index contributed by atoms with van der Waals surface area (Å²) in [7, 11) is 0. The molecule has 0 heterocycles. The maximum absolute atomic E-state index is 2.31. The molecule has 0 aromatic rings. The minimum Gasteiger partial charge on any atom is -1.00 e. The van der Waals surface area contributed by atoms with Gasteiger partial charge in [0.05, 0.1) is 0 Å². The Morgan fingerprint density at radius 3 is 1.46 bits per heavy atom. The van der Waals surface area contributed by atoms with Crippen LogP contribution in [0, 0.1) is 0 Å². The van der Waals surface area contributed by atoms with Gasteiger partial charge in [-0.3, -0.25) is 0 Å². The maximum atomic E-state index is 2.31. The molecular weight excluding hydrogens is 299 g/mol. The topological polar surface area (TPSA) is 0 Å².